The maximum atomic E-state index is 11.1. The Balaban J connectivity index is 2.56. The molecule has 0 aliphatic heterocycles. The summed E-state index contributed by atoms with van der Waals surface area (Å²) in [6.45, 7) is 2.16. The average Bonchev–Trinajstić information content (AvgIpc) is 2.27. The van der Waals surface area contributed by atoms with E-state index in [4.69, 9.17) is 5.11 Å². The highest BCUT2D eigenvalue weighted by molar-refractivity contribution is 5.88. The van der Waals surface area contributed by atoms with Crippen molar-refractivity contribution in [3.05, 3.63) is 47.5 Å². The zero-order chi connectivity index (χ0) is 12.0. The van der Waals surface area contributed by atoms with Gasteiger partial charge in [0.05, 0.1) is 5.56 Å². The second kappa shape index (κ2) is 5.70. The van der Waals surface area contributed by atoms with Gasteiger partial charge in [-0.3, -0.25) is 4.79 Å². The first-order chi connectivity index (χ1) is 7.63. The van der Waals surface area contributed by atoms with Gasteiger partial charge in [0.1, 0.15) is 0 Å². The number of benzene rings is 1. The van der Waals surface area contributed by atoms with E-state index in [0.29, 0.717) is 6.54 Å². The molecule has 1 aromatic rings. The Morgan fingerprint density at radius 2 is 1.94 bits per heavy atom. The van der Waals surface area contributed by atoms with E-state index in [1.807, 2.05) is 0 Å². The highest BCUT2D eigenvalue weighted by Gasteiger charge is 2.01. The van der Waals surface area contributed by atoms with Gasteiger partial charge in [0, 0.05) is 6.54 Å². The fourth-order valence-corrected chi connectivity index (χ4v) is 1.16. The van der Waals surface area contributed by atoms with Gasteiger partial charge in [-0.25, -0.2) is 4.79 Å². The molecule has 0 aromatic heterocycles. The standard InChI is InChI=1S/C12H13NO3/c1-2-3-11(14)13-8-9-4-6-10(7-5-9)12(15)16/h2-7H,8H2,1H3,(H,13,14)(H,15,16)/b3-2+. The van der Waals surface area contributed by atoms with Crippen LogP contribution in [0.5, 0.6) is 0 Å². The van der Waals surface area contributed by atoms with Crippen molar-refractivity contribution in [2.45, 2.75) is 13.5 Å². The minimum absolute atomic E-state index is 0.162. The van der Waals surface area contributed by atoms with Crippen molar-refractivity contribution in [1.29, 1.82) is 0 Å². The summed E-state index contributed by atoms with van der Waals surface area (Å²) in [5.41, 5.74) is 1.10. The van der Waals surface area contributed by atoms with Crippen molar-refractivity contribution in [2.75, 3.05) is 0 Å². The van der Waals surface area contributed by atoms with Gasteiger partial charge in [-0.15, -0.1) is 0 Å². The van der Waals surface area contributed by atoms with Crippen molar-refractivity contribution in [3.63, 3.8) is 0 Å². The Labute approximate surface area is 93.6 Å². The normalized spacial score (nSPS) is 10.3. The Hall–Kier alpha value is -2.10. The van der Waals surface area contributed by atoms with Gasteiger partial charge in [-0.05, 0) is 30.7 Å². The molecule has 0 atom stereocenters. The van der Waals surface area contributed by atoms with Crippen LogP contribution in [0.15, 0.2) is 36.4 Å². The molecule has 0 unspecified atom stereocenters. The maximum absolute atomic E-state index is 11.1. The number of aromatic carboxylic acids is 1. The molecule has 4 nitrogen and oxygen atoms in total. The van der Waals surface area contributed by atoms with Gasteiger partial charge in [0.25, 0.3) is 0 Å². The molecule has 0 saturated heterocycles. The van der Waals surface area contributed by atoms with E-state index in [1.165, 1.54) is 18.2 Å². The largest absolute Gasteiger partial charge is 0.478 e. The second-order valence-corrected chi connectivity index (χ2v) is 3.22. The van der Waals surface area contributed by atoms with Crippen LogP contribution in [0.2, 0.25) is 0 Å². The second-order valence-electron chi connectivity index (χ2n) is 3.22. The number of rotatable bonds is 4. The highest BCUT2D eigenvalue weighted by Crippen LogP contribution is 2.04. The van der Waals surface area contributed by atoms with Crippen molar-refractivity contribution < 1.29 is 14.7 Å². The lowest BCUT2D eigenvalue weighted by atomic mass is 10.1. The summed E-state index contributed by atoms with van der Waals surface area (Å²) in [5, 5.41) is 11.4. The zero-order valence-electron chi connectivity index (χ0n) is 8.93. The molecule has 1 aromatic carbocycles. The topological polar surface area (TPSA) is 66.4 Å². The molecule has 16 heavy (non-hydrogen) atoms. The number of nitrogens with one attached hydrogen (secondary N) is 1. The zero-order valence-corrected chi connectivity index (χ0v) is 8.93. The van der Waals surface area contributed by atoms with Crippen LogP contribution in [0.4, 0.5) is 0 Å². The lowest BCUT2D eigenvalue weighted by molar-refractivity contribution is -0.116. The van der Waals surface area contributed by atoms with E-state index in [-0.39, 0.29) is 11.5 Å². The maximum Gasteiger partial charge on any atom is 0.335 e. The number of carbonyl (C=O) groups is 2. The van der Waals surface area contributed by atoms with Gasteiger partial charge in [-0.1, -0.05) is 18.2 Å². The fraction of sp³-hybridized carbons (Fsp3) is 0.167. The SMILES string of the molecule is C/C=C/C(=O)NCc1ccc(C(=O)O)cc1. The summed E-state index contributed by atoms with van der Waals surface area (Å²) in [4.78, 5) is 21.7. The number of hydrogen-bond acceptors (Lipinski definition) is 2. The average molecular weight is 219 g/mol. The van der Waals surface area contributed by atoms with Crippen LogP contribution in [0.3, 0.4) is 0 Å². The van der Waals surface area contributed by atoms with Gasteiger partial charge in [-0.2, -0.15) is 0 Å². The Bertz CT molecular complexity index is 407. The van der Waals surface area contributed by atoms with E-state index in [9.17, 15) is 9.59 Å². The third-order valence-corrected chi connectivity index (χ3v) is 1.99. The van der Waals surface area contributed by atoms with E-state index < -0.39 is 5.97 Å². The van der Waals surface area contributed by atoms with Crippen LogP contribution >= 0.6 is 0 Å². The minimum Gasteiger partial charge on any atom is -0.478 e. The number of carboxylic acids is 1. The molecule has 0 bridgehead atoms. The molecule has 1 amide bonds. The van der Waals surface area contributed by atoms with Crippen molar-refractivity contribution >= 4 is 11.9 Å². The van der Waals surface area contributed by atoms with Crippen molar-refractivity contribution in [3.8, 4) is 0 Å². The quantitative estimate of drug-likeness (QED) is 0.755. The summed E-state index contributed by atoms with van der Waals surface area (Å²) in [6, 6.07) is 6.39. The van der Waals surface area contributed by atoms with Crippen LogP contribution < -0.4 is 5.32 Å². The number of carboxylic acid groups (broad SMARTS) is 1. The summed E-state index contributed by atoms with van der Waals surface area (Å²) < 4.78 is 0. The fourth-order valence-electron chi connectivity index (χ4n) is 1.16. The summed E-state index contributed by atoms with van der Waals surface area (Å²) >= 11 is 0. The predicted molar refractivity (Wildman–Crippen MR) is 60.1 cm³/mol. The molecule has 0 spiro atoms. The molecule has 0 saturated carbocycles. The molecule has 84 valence electrons. The van der Waals surface area contributed by atoms with Crippen LogP contribution in [0, 0.1) is 0 Å². The van der Waals surface area contributed by atoms with Crippen LogP contribution in [-0.4, -0.2) is 17.0 Å². The molecule has 0 fully saturated rings. The Morgan fingerprint density at radius 3 is 2.44 bits per heavy atom. The van der Waals surface area contributed by atoms with Gasteiger partial charge < -0.3 is 10.4 Å². The minimum atomic E-state index is -0.954. The smallest absolute Gasteiger partial charge is 0.335 e. The van der Waals surface area contributed by atoms with Crippen LogP contribution in [-0.2, 0) is 11.3 Å². The summed E-state index contributed by atoms with van der Waals surface area (Å²) in [7, 11) is 0. The molecule has 0 aliphatic carbocycles. The molecule has 4 heteroatoms. The van der Waals surface area contributed by atoms with Gasteiger partial charge in [0.2, 0.25) is 5.91 Å². The molecule has 2 N–H and O–H groups in total. The Kier molecular flexibility index (Phi) is 4.27. The first-order valence-electron chi connectivity index (χ1n) is 4.86. The number of amides is 1. The first kappa shape index (κ1) is 12.0. The van der Waals surface area contributed by atoms with Gasteiger partial charge >= 0.3 is 5.97 Å². The summed E-state index contributed by atoms with van der Waals surface area (Å²) in [6.07, 6.45) is 3.09. The van der Waals surface area contributed by atoms with E-state index in [1.54, 1.807) is 25.1 Å². The molecular formula is C12H13NO3. The number of carbonyl (C=O) groups excluding carboxylic acids is 1. The number of hydrogen-bond donors (Lipinski definition) is 2. The van der Waals surface area contributed by atoms with Crippen molar-refractivity contribution in [2.24, 2.45) is 0 Å². The van der Waals surface area contributed by atoms with Gasteiger partial charge in [0.15, 0.2) is 0 Å². The lowest BCUT2D eigenvalue weighted by Gasteiger charge is -2.02. The lowest BCUT2D eigenvalue weighted by Crippen LogP contribution is -2.20. The Morgan fingerprint density at radius 1 is 1.31 bits per heavy atom. The monoisotopic (exact) mass is 219 g/mol. The number of allylic oxidation sites excluding steroid dienone is 1. The predicted octanol–water partition coefficient (Wildman–Crippen LogP) is 1.58. The van der Waals surface area contributed by atoms with E-state index in [0.717, 1.165) is 5.56 Å². The van der Waals surface area contributed by atoms with Crippen LogP contribution in [0.1, 0.15) is 22.8 Å². The molecule has 1 rings (SSSR count). The molecule has 0 aliphatic rings. The summed E-state index contributed by atoms with van der Waals surface area (Å²) in [5.74, 6) is -1.12. The third-order valence-electron chi connectivity index (χ3n) is 1.99. The van der Waals surface area contributed by atoms with E-state index >= 15 is 0 Å². The molecule has 0 heterocycles. The van der Waals surface area contributed by atoms with Crippen LogP contribution in [0.25, 0.3) is 0 Å². The first-order valence-corrected chi connectivity index (χ1v) is 4.86. The third kappa shape index (κ3) is 3.57. The molecular weight excluding hydrogens is 206 g/mol. The van der Waals surface area contributed by atoms with E-state index in [2.05, 4.69) is 5.32 Å². The molecule has 0 radical (unpaired) electrons. The van der Waals surface area contributed by atoms with Crippen molar-refractivity contribution in [1.82, 2.24) is 5.32 Å². The highest BCUT2D eigenvalue weighted by atomic mass is 16.4.